The number of para-hydroxylation sites is 1. The number of imide groups is 1. The first-order valence-electron chi connectivity index (χ1n) is 10.4. The Bertz CT molecular complexity index is 1100. The van der Waals surface area contributed by atoms with Gasteiger partial charge in [0.1, 0.15) is 12.4 Å². The van der Waals surface area contributed by atoms with Gasteiger partial charge in [0, 0.05) is 5.56 Å². The van der Waals surface area contributed by atoms with Crippen molar-refractivity contribution in [2.45, 2.75) is 20.8 Å². The molecule has 0 radical (unpaired) electrons. The molecule has 174 valence electrons. The van der Waals surface area contributed by atoms with Crippen LogP contribution in [0.4, 0.5) is 4.79 Å². The molecule has 1 N–H and O–H groups in total. The van der Waals surface area contributed by atoms with E-state index in [-0.39, 0.29) is 23.8 Å². The fraction of sp³-hybridized carbons (Fsp3) is 0.292. The van der Waals surface area contributed by atoms with Crippen LogP contribution in [-0.2, 0) is 9.59 Å². The Morgan fingerprint density at radius 1 is 1.09 bits per heavy atom. The van der Waals surface area contributed by atoms with E-state index >= 15 is 0 Å². The number of carbonyl (C=O) groups is 3. The summed E-state index contributed by atoms with van der Waals surface area (Å²) in [4.78, 5) is 37.6. The molecule has 2 amide bonds. The Morgan fingerprint density at radius 3 is 2.61 bits per heavy atom. The van der Waals surface area contributed by atoms with Crippen molar-refractivity contribution in [1.82, 2.24) is 4.90 Å². The molecule has 0 bridgehead atoms. The highest BCUT2D eigenvalue weighted by Gasteiger charge is 2.35. The van der Waals surface area contributed by atoms with Crippen LogP contribution < -0.4 is 14.2 Å². The van der Waals surface area contributed by atoms with E-state index in [0.29, 0.717) is 23.7 Å². The fourth-order valence-corrected chi connectivity index (χ4v) is 4.00. The molecule has 1 fully saturated rings. The van der Waals surface area contributed by atoms with Gasteiger partial charge in [-0.05, 0) is 61.9 Å². The molecule has 0 saturated carbocycles. The van der Waals surface area contributed by atoms with Gasteiger partial charge >= 0.3 is 5.97 Å². The van der Waals surface area contributed by atoms with E-state index in [1.165, 1.54) is 6.08 Å². The van der Waals surface area contributed by atoms with Gasteiger partial charge in [0.2, 0.25) is 0 Å². The third-order valence-electron chi connectivity index (χ3n) is 4.73. The number of ether oxygens (including phenoxy) is 3. The SMILES string of the molecule is CCOc1cccc(/C=C2\SC(=O)N(CCOc3cc(C)ccc3C)C2=O)c1OCC(=O)O. The van der Waals surface area contributed by atoms with Crippen molar-refractivity contribution in [2.24, 2.45) is 0 Å². The zero-order chi connectivity index (χ0) is 24.0. The van der Waals surface area contributed by atoms with Crippen molar-refractivity contribution in [3.8, 4) is 17.2 Å². The molecule has 3 rings (SSSR count). The minimum Gasteiger partial charge on any atom is -0.491 e. The number of rotatable bonds is 10. The normalized spacial score (nSPS) is 14.6. The van der Waals surface area contributed by atoms with Gasteiger partial charge in [-0.25, -0.2) is 4.79 Å². The average Bonchev–Trinajstić information content (AvgIpc) is 3.03. The molecule has 0 aromatic heterocycles. The Hall–Kier alpha value is -3.46. The van der Waals surface area contributed by atoms with Crippen molar-refractivity contribution >= 4 is 35.0 Å². The molecule has 33 heavy (non-hydrogen) atoms. The zero-order valence-corrected chi connectivity index (χ0v) is 19.4. The van der Waals surface area contributed by atoms with E-state index < -0.39 is 23.7 Å². The van der Waals surface area contributed by atoms with Crippen LogP contribution in [0.2, 0.25) is 0 Å². The molecule has 2 aromatic carbocycles. The Kier molecular flexibility index (Phi) is 8.00. The molecule has 1 aliphatic heterocycles. The topological polar surface area (TPSA) is 102 Å². The number of benzene rings is 2. The maximum atomic E-state index is 12.9. The summed E-state index contributed by atoms with van der Waals surface area (Å²) in [7, 11) is 0. The number of amides is 2. The van der Waals surface area contributed by atoms with Gasteiger partial charge in [0.15, 0.2) is 18.1 Å². The molecular formula is C24H25NO7S. The quantitative estimate of drug-likeness (QED) is 0.512. The first-order chi connectivity index (χ1) is 15.8. The number of carboxylic acid groups (broad SMARTS) is 1. The summed E-state index contributed by atoms with van der Waals surface area (Å²) >= 11 is 0.811. The minimum atomic E-state index is -1.14. The van der Waals surface area contributed by atoms with Crippen LogP contribution in [0.25, 0.3) is 6.08 Å². The van der Waals surface area contributed by atoms with Gasteiger partial charge < -0.3 is 19.3 Å². The number of aryl methyl sites for hydroxylation is 2. The van der Waals surface area contributed by atoms with Crippen LogP contribution in [0.1, 0.15) is 23.6 Å². The molecule has 9 heteroatoms. The smallest absolute Gasteiger partial charge is 0.341 e. The highest BCUT2D eigenvalue weighted by molar-refractivity contribution is 8.18. The summed E-state index contributed by atoms with van der Waals surface area (Å²) in [6.45, 7) is 5.74. The molecular weight excluding hydrogens is 446 g/mol. The number of thioether (sulfide) groups is 1. The summed E-state index contributed by atoms with van der Waals surface area (Å²) in [5.74, 6) is -0.317. The Morgan fingerprint density at radius 2 is 1.88 bits per heavy atom. The molecule has 0 atom stereocenters. The first kappa shape index (κ1) is 24.2. The minimum absolute atomic E-state index is 0.108. The van der Waals surface area contributed by atoms with E-state index in [0.717, 1.165) is 27.8 Å². The lowest BCUT2D eigenvalue weighted by Crippen LogP contribution is -2.32. The summed E-state index contributed by atoms with van der Waals surface area (Å²) < 4.78 is 16.7. The fourth-order valence-electron chi connectivity index (χ4n) is 3.15. The largest absolute Gasteiger partial charge is 0.491 e. The number of hydrogen-bond donors (Lipinski definition) is 1. The van der Waals surface area contributed by atoms with Crippen molar-refractivity contribution in [2.75, 3.05) is 26.4 Å². The number of nitrogens with zero attached hydrogens (tertiary/aromatic N) is 1. The summed E-state index contributed by atoms with van der Waals surface area (Å²) in [6.07, 6.45) is 1.51. The predicted octanol–water partition coefficient (Wildman–Crippen LogP) is 4.28. The molecule has 1 aliphatic rings. The van der Waals surface area contributed by atoms with Crippen molar-refractivity contribution in [1.29, 1.82) is 0 Å². The number of hydrogen-bond acceptors (Lipinski definition) is 7. The van der Waals surface area contributed by atoms with Gasteiger partial charge in [-0.2, -0.15) is 0 Å². The van der Waals surface area contributed by atoms with E-state index in [1.54, 1.807) is 25.1 Å². The van der Waals surface area contributed by atoms with Gasteiger partial charge in [0.05, 0.1) is 18.1 Å². The molecule has 0 aliphatic carbocycles. The van der Waals surface area contributed by atoms with Crippen molar-refractivity contribution in [3.05, 3.63) is 58.0 Å². The molecule has 1 heterocycles. The first-order valence-corrected chi connectivity index (χ1v) is 11.2. The lowest BCUT2D eigenvalue weighted by molar-refractivity contribution is -0.139. The summed E-state index contributed by atoms with van der Waals surface area (Å²) in [5.41, 5.74) is 2.47. The zero-order valence-electron chi connectivity index (χ0n) is 18.6. The lowest BCUT2D eigenvalue weighted by Gasteiger charge is -2.15. The number of carboxylic acids is 1. The van der Waals surface area contributed by atoms with Crippen molar-refractivity contribution in [3.63, 3.8) is 0 Å². The number of aliphatic carboxylic acids is 1. The molecule has 8 nitrogen and oxygen atoms in total. The van der Waals surface area contributed by atoms with Crippen LogP contribution in [0.3, 0.4) is 0 Å². The van der Waals surface area contributed by atoms with Gasteiger partial charge in [0.25, 0.3) is 11.1 Å². The van der Waals surface area contributed by atoms with Crippen LogP contribution in [0, 0.1) is 13.8 Å². The molecule has 0 unspecified atom stereocenters. The van der Waals surface area contributed by atoms with Crippen LogP contribution >= 0.6 is 11.8 Å². The second-order valence-corrected chi connectivity index (χ2v) is 8.23. The summed E-state index contributed by atoms with van der Waals surface area (Å²) in [5, 5.41) is 8.58. The summed E-state index contributed by atoms with van der Waals surface area (Å²) in [6, 6.07) is 10.9. The predicted molar refractivity (Wildman–Crippen MR) is 125 cm³/mol. The van der Waals surface area contributed by atoms with Crippen LogP contribution in [0.5, 0.6) is 17.2 Å². The monoisotopic (exact) mass is 471 g/mol. The maximum absolute atomic E-state index is 12.9. The van der Waals surface area contributed by atoms with E-state index in [4.69, 9.17) is 19.3 Å². The molecule has 2 aromatic rings. The highest BCUT2D eigenvalue weighted by Crippen LogP contribution is 2.37. The van der Waals surface area contributed by atoms with Gasteiger partial charge in [-0.1, -0.05) is 24.3 Å². The van der Waals surface area contributed by atoms with Crippen molar-refractivity contribution < 1.29 is 33.7 Å². The molecule has 1 saturated heterocycles. The third kappa shape index (κ3) is 6.07. The van der Waals surface area contributed by atoms with Gasteiger partial charge in [-0.15, -0.1) is 0 Å². The van der Waals surface area contributed by atoms with Crippen LogP contribution in [-0.4, -0.2) is 53.5 Å². The Labute approximate surface area is 196 Å². The Balaban J connectivity index is 1.75. The van der Waals surface area contributed by atoms with Crippen LogP contribution in [0.15, 0.2) is 41.3 Å². The number of carbonyl (C=O) groups excluding carboxylic acids is 2. The maximum Gasteiger partial charge on any atom is 0.341 e. The third-order valence-corrected chi connectivity index (χ3v) is 5.63. The lowest BCUT2D eigenvalue weighted by atomic mass is 10.1. The van der Waals surface area contributed by atoms with E-state index in [1.807, 2.05) is 32.0 Å². The van der Waals surface area contributed by atoms with Gasteiger partial charge in [-0.3, -0.25) is 14.5 Å². The van der Waals surface area contributed by atoms with E-state index in [9.17, 15) is 14.4 Å². The molecule has 0 spiro atoms. The highest BCUT2D eigenvalue weighted by atomic mass is 32.2. The van der Waals surface area contributed by atoms with E-state index in [2.05, 4.69) is 0 Å². The second-order valence-electron chi connectivity index (χ2n) is 7.24. The standard InChI is InChI=1S/C24H25NO7S/c1-4-30-18-7-5-6-17(22(18)32-14-21(26)27)13-20-23(28)25(24(29)33-20)10-11-31-19-12-15(2)8-9-16(19)3/h5-9,12-13H,4,10-11,14H2,1-3H3,(H,26,27)/b20-13-. The second kappa shape index (κ2) is 10.9. The average molecular weight is 472 g/mol.